The monoisotopic (exact) mass is 374 g/mol. The number of benzene rings is 1. The van der Waals surface area contributed by atoms with E-state index in [-0.39, 0.29) is 16.2 Å². The average molecular weight is 375 g/mol. The fraction of sp³-hybridized carbons (Fsp3) is 0.250. The van der Waals surface area contributed by atoms with Crippen molar-refractivity contribution in [2.45, 2.75) is 24.5 Å². The molecule has 0 bridgehead atoms. The molecule has 0 atom stereocenters. The molecule has 7 nitrogen and oxygen atoms in total. The summed E-state index contributed by atoms with van der Waals surface area (Å²) in [5, 5.41) is 16.1. The molecule has 0 fully saturated rings. The summed E-state index contributed by atoms with van der Waals surface area (Å²) in [5.41, 5.74) is 0.908. The summed E-state index contributed by atoms with van der Waals surface area (Å²) in [6, 6.07) is 2.50. The van der Waals surface area contributed by atoms with Gasteiger partial charge in [0.25, 0.3) is 0 Å². The Kier molecular flexibility index (Phi) is 4.15. The number of hydrogen-bond donors (Lipinski definition) is 1. The van der Waals surface area contributed by atoms with Crippen LogP contribution in [-0.2, 0) is 15.6 Å². The lowest BCUT2D eigenvalue weighted by atomic mass is 10.1. The molecule has 0 amide bonds. The molecule has 0 spiro atoms. The summed E-state index contributed by atoms with van der Waals surface area (Å²) < 4.78 is 29.8. The van der Waals surface area contributed by atoms with Gasteiger partial charge in [-0.05, 0) is 31.5 Å². The highest BCUT2D eigenvalue weighted by molar-refractivity contribution is 9.10. The maximum atomic E-state index is 12.5. The Hall–Kier alpha value is -1.74. The van der Waals surface area contributed by atoms with Crippen LogP contribution < -0.4 is 0 Å². The molecule has 2 aromatic rings. The van der Waals surface area contributed by atoms with Crippen LogP contribution >= 0.6 is 15.9 Å². The highest BCUT2D eigenvalue weighted by Gasteiger charge is 2.24. The fourth-order valence-corrected chi connectivity index (χ4v) is 3.99. The number of sulfone groups is 1. The molecule has 0 saturated heterocycles. The van der Waals surface area contributed by atoms with Crippen molar-refractivity contribution in [2.24, 2.45) is 0 Å². The first-order valence-corrected chi connectivity index (χ1v) is 8.21. The van der Waals surface area contributed by atoms with Crippen LogP contribution in [-0.4, -0.2) is 29.8 Å². The van der Waals surface area contributed by atoms with Crippen LogP contribution in [0.1, 0.15) is 27.3 Å². The van der Waals surface area contributed by atoms with E-state index in [1.165, 1.54) is 6.07 Å². The van der Waals surface area contributed by atoms with Gasteiger partial charge < -0.3 is 5.11 Å². The van der Waals surface area contributed by atoms with Crippen LogP contribution in [0.15, 0.2) is 26.1 Å². The molecule has 0 aliphatic heterocycles. The number of aromatic carboxylic acids is 1. The van der Waals surface area contributed by atoms with Crippen LogP contribution in [0.5, 0.6) is 0 Å². The minimum Gasteiger partial charge on any atom is -0.478 e. The Balaban J connectivity index is 2.54. The smallest absolute Gasteiger partial charge is 0.335 e. The molecule has 0 unspecified atom stereocenters. The van der Waals surface area contributed by atoms with Crippen molar-refractivity contribution in [1.29, 1.82) is 0 Å². The van der Waals surface area contributed by atoms with E-state index in [0.717, 1.165) is 6.07 Å². The quantitative estimate of drug-likeness (QED) is 0.871. The van der Waals surface area contributed by atoms with Crippen molar-refractivity contribution in [2.75, 3.05) is 0 Å². The Morgan fingerprint density at radius 2 is 2.00 bits per heavy atom. The minimum atomic E-state index is -3.77. The summed E-state index contributed by atoms with van der Waals surface area (Å²) in [7, 11) is -3.77. The van der Waals surface area contributed by atoms with Gasteiger partial charge in [-0.25, -0.2) is 17.8 Å². The van der Waals surface area contributed by atoms with Gasteiger partial charge in [-0.3, -0.25) is 0 Å². The number of rotatable bonds is 4. The summed E-state index contributed by atoms with van der Waals surface area (Å²) in [4.78, 5) is 11.0. The van der Waals surface area contributed by atoms with Gasteiger partial charge in [0.15, 0.2) is 9.84 Å². The standard InChI is InChI=1S/C12H11BrN2O5S/c1-6-9(13)3-8(12(16)17)4-11(6)21(18,19)5-10-7(2)14-20-15-10/h3-4H,5H2,1-2H3,(H,16,17). The third-order valence-electron chi connectivity index (χ3n) is 2.95. The van der Waals surface area contributed by atoms with Gasteiger partial charge in [0, 0.05) is 4.47 Å². The number of hydrogen-bond acceptors (Lipinski definition) is 6. The zero-order chi connectivity index (χ0) is 15.8. The first kappa shape index (κ1) is 15.6. The number of nitrogens with zero attached hydrogens (tertiary/aromatic N) is 2. The maximum absolute atomic E-state index is 12.5. The molecule has 21 heavy (non-hydrogen) atoms. The van der Waals surface area contributed by atoms with Gasteiger partial charge in [-0.15, -0.1) is 0 Å². The molecule has 0 aliphatic rings. The van der Waals surface area contributed by atoms with Gasteiger partial charge in [0.05, 0.1) is 10.5 Å². The molecular formula is C12H11BrN2O5S. The summed E-state index contributed by atoms with van der Waals surface area (Å²) in [5.74, 6) is -1.61. The summed E-state index contributed by atoms with van der Waals surface area (Å²) >= 11 is 3.18. The molecule has 2 rings (SSSR count). The van der Waals surface area contributed by atoms with E-state index in [1.807, 2.05) is 0 Å². The van der Waals surface area contributed by atoms with Crippen molar-refractivity contribution in [3.63, 3.8) is 0 Å². The number of aromatic nitrogens is 2. The molecule has 112 valence electrons. The van der Waals surface area contributed by atoms with E-state index in [1.54, 1.807) is 13.8 Å². The molecule has 0 aliphatic carbocycles. The van der Waals surface area contributed by atoms with Crippen LogP contribution in [0.25, 0.3) is 0 Å². The molecule has 1 heterocycles. The Morgan fingerprint density at radius 1 is 1.33 bits per heavy atom. The fourth-order valence-electron chi connectivity index (χ4n) is 1.74. The Labute approximate surface area is 129 Å². The van der Waals surface area contributed by atoms with Crippen molar-refractivity contribution < 1.29 is 22.9 Å². The van der Waals surface area contributed by atoms with Crippen LogP contribution in [0.2, 0.25) is 0 Å². The minimum absolute atomic E-state index is 0.0586. The van der Waals surface area contributed by atoms with Crippen LogP contribution in [0, 0.1) is 13.8 Å². The molecule has 1 aromatic carbocycles. The number of carboxylic acids is 1. The first-order chi connectivity index (χ1) is 9.72. The molecule has 1 aromatic heterocycles. The topological polar surface area (TPSA) is 110 Å². The largest absolute Gasteiger partial charge is 0.478 e. The maximum Gasteiger partial charge on any atom is 0.335 e. The number of aryl methyl sites for hydroxylation is 1. The second-order valence-corrected chi connectivity index (χ2v) is 7.25. The van der Waals surface area contributed by atoms with E-state index in [2.05, 4.69) is 30.9 Å². The van der Waals surface area contributed by atoms with E-state index in [4.69, 9.17) is 5.11 Å². The lowest BCUT2D eigenvalue weighted by molar-refractivity contribution is 0.0696. The number of carbonyl (C=O) groups is 1. The predicted octanol–water partition coefficient (Wildman–Crippen LogP) is 2.12. The highest BCUT2D eigenvalue weighted by Crippen LogP contribution is 2.28. The second-order valence-electron chi connectivity index (χ2n) is 4.44. The van der Waals surface area contributed by atoms with E-state index in [0.29, 0.717) is 15.7 Å². The average Bonchev–Trinajstić information content (AvgIpc) is 2.77. The zero-order valence-corrected chi connectivity index (χ0v) is 13.5. The normalized spacial score (nSPS) is 11.6. The van der Waals surface area contributed by atoms with Gasteiger partial charge >= 0.3 is 5.97 Å². The van der Waals surface area contributed by atoms with E-state index >= 15 is 0 Å². The lowest BCUT2D eigenvalue weighted by Gasteiger charge is -2.10. The van der Waals surface area contributed by atoms with Crippen molar-refractivity contribution >= 4 is 31.7 Å². The molecule has 0 saturated carbocycles. The van der Waals surface area contributed by atoms with Crippen molar-refractivity contribution in [3.05, 3.63) is 39.1 Å². The SMILES string of the molecule is Cc1nonc1CS(=O)(=O)c1cc(C(=O)O)cc(Br)c1C. The molecular weight excluding hydrogens is 364 g/mol. The highest BCUT2D eigenvalue weighted by atomic mass is 79.9. The lowest BCUT2D eigenvalue weighted by Crippen LogP contribution is -2.10. The first-order valence-electron chi connectivity index (χ1n) is 5.76. The zero-order valence-electron chi connectivity index (χ0n) is 11.1. The van der Waals surface area contributed by atoms with Gasteiger partial charge in [-0.1, -0.05) is 26.2 Å². The summed E-state index contributed by atoms with van der Waals surface area (Å²) in [6.07, 6.45) is 0. The molecule has 0 radical (unpaired) electrons. The third-order valence-corrected chi connectivity index (χ3v) is 5.52. The predicted molar refractivity (Wildman–Crippen MR) is 75.8 cm³/mol. The van der Waals surface area contributed by atoms with Gasteiger partial charge in [0.2, 0.25) is 0 Å². The van der Waals surface area contributed by atoms with Gasteiger partial charge in [-0.2, -0.15) is 0 Å². The summed E-state index contributed by atoms with van der Waals surface area (Å²) in [6.45, 7) is 3.17. The Bertz CT molecular complexity index is 813. The second kappa shape index (κ2) is 5.57. The Morgan fingerprint density at radius 3 is 2.52 bits per heavy atom. The number of halogens is 1. The molecule has 9 heteroatoms. The van der Waals surface area contributed by atoms with Crippen molar-refractivity contribution in [3.8, 4) is 0 Å². The van der Waals surface area contributed by atoms with Gasteiger partial charge in [0.1, 0.15) is 17.1 Å². The van der Waals surface area contributed by atoms with Crippen LogP contribution in [0.3, 0.4) is 0 Å². The van der Waals surface area contributed by atoms with E-state index < -0.39 is 21.6 Å². The molecule has 1 N–H and O–H groups in total. The van der Waals surface area contributed by atoms with E-state index in [9.17, 15) is 13.2 Å². The third kappa shape index (κ3) is 3.13. The number of carboxylic acid groups (broad SMARTS) is 1. The van der Waals surface area contributed by atoms with Crippen molar-refractivity contribution in [1.82, 2.24) is 10.3 Å². The van der Waals surface area contributed by atoms with Crippen LogP contribution in [0.4, 0.5) is 0 Å².